The molecule has 0 bridgehead atoms. The Hall–Kier alpha value is -1.14. The summed E-state index contributed by atoms with van der Waals surface area (Å²) >= 11 is 0. The third kappa shape index (κ3) is 10.5. The van der Waals surface area contributed by atoms with Crippen molar-refractivity contribution in [3.05, 3.63) is 0 Å². The number of rotatable bonds is 6. The van der Waals surface area contributed by atoms with Gasteiger partial charge in [0.05, 0.1) is 25.2 Å². The highest BCUT2D eigenvalue weighted by atomic mass is 16.6. The van der Waals surface area contributed by atoms with Crippen LogP contribution in [0.5, 0.6) is 0 Å². The standard InChI is InChI=1S/C11H21NO3.C2H4O2/c1-2-9-5-6-10(15-9)8-14-11(13)4-3-7-12;1-2(3)4/h9-10H,2-8,12H2,1H3;1H3,(H,3,4)/t9-,10+;/m1./s1. The summed E-state index contributed by atoms with van der Waals surface area (Å²) in [4.78, 5) is 20.1. The Morgan fingerprint density at radius 1 is 1.37 bits per heavy atom. The third-order valence-corrected chi connectivity index (χ3v) is 2.71. The number of esters is 1. The zero-order valence-corrected chi connectivity index (χ0v) is 11.9. The highest BCUT2D eigenvalue weighted by Gasteiger charge is 2.24. The molecule has 0 aromatic carbocycles. The van der Waals surface area contributed by atoms with Crippen LogP contribution in [0.25, 0.3) is 0 Å². The molecule has 112 valence electrons. The molecule has 1 heterocycles. The van der Waals surface area contributed by atoms with E-state index >= 15 is 0 Å². The van der Waals surface area contributed by atoms with Crippen molar-refractivity contribution in [3.8, 4) is 0 Å². The quantitative estimate of drug-likeness (QED) is 0.643. The number of hydrogen-bond donors (Lipinski definition) is 1. The van der Waals surface area contributed by atoms with Gasteiger partial charge >= 0.3 is 5.97 Å². The van der Waals surface area contributed by atoms with Crippen LogP contribution in [0.1, 0.15) is 46.0 Å². The predicted octanol–water partition coefficient (Wildman–Crippen LogP) is -0.734. The van der Waals surface area contributed by atoms with E-state index < -0.39 is 5.97 Å². The topological polar surface area (TPSA) is 103 Å². The molecule has 19 heavy (non-hydrogen) atoms. The minimum atomic E-state index is -1.08. The molecule has 1 fully saturated rings. The fourth-order valence-electron chi connectivity index (χ4n) is 1.73. The summed E-state index contributed by atoms with van der Waals surface area (Å²) in [5, 5.41) is 8.89. The molecule has 0 aromatic rings. The molecule has 0 spiro atoms. The van der Waals surface area contributed by atoms with E-state index in [4.69, 9.17) is 19.4 Å². The van der Waals surface area contributed by atoms with Crippen molar-refractivity contribution in [3.63, 3.8) is 0 Å². The maximum atomic E-state index is 11.2. The highest BCUT2D eigenvalue weighted by Crippen LogP contribution is 2.21. The van der Waals surface area contributed by atoms with E-state index in [-0.39, 0.29) is 12.1 Å². The molecule has 0 aromatic heterocycles. The SMILES string of the molecule is CC(=O)[O-].CC[C@@H]1CC[C@@H](COC(=O)CCC[NH3+])O1. The summed E-state index contributed by atoms with van der Waals surface area (Å²) in [5.41, 5.74) is 3.68. The second kappa shape index (κ2) is 10.8. The second-order valence-electron chi connectivity index (χ2n) is 4.50. The number of ether oxygens (including phenoxy) is 2. The monoisotopic (exact) mass is 275 g/mol. The fourth-order valence-corrected chi connectivity index (χ4v) is 1.73. The minimum absolute atomic E-state index is 0.123. The molecule has 1 rings (SSSR count). The Labute approximate surface area is 114 Å². The van der Waals surface area contributed by atoms with Crippen LogP contribution >= 0.6 is 0 Å². The second-order valence-corrected chi connectivity index (χ2v) is 4.50. The Bertz CT molecular complexity index is 266. The summed E-state index contributed by atoms with van der Waals surface area (Å²) in [5.74, 6) is -1.21. The highest BCUT2D eigenvalue weighted by molar-refractivity contribution is 5.69. The van der Waals surface area contributed by atoms with Gasteiger partial charge in [0, 0.05) is 12.4 Å². The van der Waals surface area contributed by atoms with E-state index in [9.17, 15) is 4.79 Å². The average Bonchev–Trinajstić information content (AvgIpc) is 2.81. The number of aliphatic carboxylic acids is 1. The first-order chi connectivity index (χ1) is 8.99. The van der Waals surface area contributed by atoms with Gasteiger partial charge in [-0.25, -0.2) is 0 Å². The van der Waals surface area contributed by atoms with Crippen LogP contribution < -0.4 is 10.8 Å². The number of carboxylic acids is 1. The van der Waals surface area contributed by atoms with Gasteiger partial charge in [-0.3, -0.25) is 4.79 Å². The smallest absolute Gasteiger partial charge is 0.306 e. The van der Waals surface area contributed by atoms with E-state index in [1.807, 2.05) is 0 Å². The number of carboxylic acid groups (broad SMARTS) is 1. The van der Waals surface area contributed by atoms with Crippen LogP contribution in [0, 0.1) is 0 Å². The van der Waals surface area contributed by atoms with E-state index in [1.165, 1.54) is 0 Å². The molecular weight excluding hydrogens is 250 g/mol. The van der Waals surface area contributed by atoms with Gasteiger partial charge in [-0.15, -0.1) is 0 Å². The Kier molecular flexibility index (Phi) is 10.1. The lowest BCUT2D eigenvalue weighted by molar-refractivity contribution is -0.368. The van der Waals surface area contributed by atoms with Crippen LogP contribution in [-0.4, -0.2) is 37.3 Å². The maximum Gasteiger partial charge on any atom is 0.306 e. The van der Waals surface area contributed by atoms with E-state index in [1.54, 1.807) is 0 Å². The van der Waals surface area contributed by atoms with Crippen LogP contribution in [0.3, 0.4) is 0 Å². The van der Waals surface area contributed by atoms with E-state index in [0.29, 0.717) is 19.1 Å². The molecule has 3 N–H and O–H groups in total. The average molecular weight is 275 g/mol. The summed E-state index contributed by atoms with van der Waals surface area (Å²) in [6.07, 6.45) is 4.94. The van der Waals surface area contributed by atoms with Gasteiger partial charge in [0.2, 0.25) is 0 Å². The van der Waals surface area contributed by atoms with Crippen molar-refractivity contribution < 1.29 is 29.9 Å². The van der Waals surface area contributed by atoms with Gasteiger partial charge < -0.3 is 25.1 Å². The minimum Gasteiger partial charge on any atom is -0.550 e. The first-order valence-corrected chi connectivity index (χ1v) is 6.77. The number of hydrogen-bond acceptors (Lipinski definition) is 5. The summed E-state index contributed by atoms with van der Waals surface area (Å²) in [7, 11) is 0. The number of carbonyl (C=O) groups is 2. The lowest BCUT2D eigenvalue weighted by Gasteiger charge is -2.12. The molecule has 0 saturated carbocycles. The molecule has 2 atom stereocenters. The van der Waals surface area contributed by atoms with Crippen molar-refractivity contribution in [2.45, 2.75) is 58.2 Å². The predicted molar refractivity (Wildman–Crippen MR) is 66.8 cm³/mol. The van der Waals surface area contributed by atoms with Gasteiger partial charge in [-0.1, -0.05) is 6.92 Å². The zero-order valence-electron chi connectivity index (χ0n) is 11.9. The molecule has 1 aliphatic rings. The molecule has 6 nitrogen and oxygen atoms in total. The van der Waals surface area contributed by atoms with E-state index in [2.05, 4.69) is 12.7 Å². The summed E-state index contributed by atoms with van der Waals surface area (Å²) < 4.78 is 10.8. The lowest BCUT2D eigenvalue weighted by atomic mass is 10.2. The van der Waals surface area contributed by atoms with Crippen molar-refractivity contribution >= 4 is 11.9 Å². The number of quaternary nitrogens is 1. The maximum absolute atomic E-state index is 11.2. The molecule has 0 unspecified atom stereocenters. The van der Waals surface area contributed by atoms with Crippen LogP contribution in [-0.2, 0) is 19.1 Å². The Morgan fingerprint density at radius 3 is 2.42 bits per heavy atom. The van der Waals surface area contributed by atoms with Crippen LogP contribution in [0.2, 0.25) is 0 Å². The molecule has 1 aliphatic heterocycles. The van der Waals surface area contributed by atoms with Gasteiger partial charge in [-0.05, 0) is 26.2 Å². The molecule has 0 amide bonds. The molecule has 0 aliphatic carbocycles. The fraction of sp³-hybridized carbons (Fsp3) is 0.846. The van der Waals surface area contributed by atoms with Gasteiger partial charge in [0.25, 0.3) is 0 Å². The van der Waals surface area contributed by atoms with Crippen molar-refractivity contribution in [2.24, 2.45) is 0 Å². The van der Waals surface area contributed by atoms with Crippen molar-refractivity contribution in [1.82, 2.24) is 0 Å². The lowest BCUT2D eigenvalue weighted by Crippen LogP contribution is -2.50. The van der Waals surface area contributed by atoms with Crippen LogP contribution in [0.15, 0.2) is 0 Å². The summed E-state index contributed by atoms with van der Waals surface area (Å²) in [6.45, 7) is 4.30. The van der Waals surface area contributed by atoms with Crippen molar-refractivity contribution in [1.29, 1.82) is 0 Å². The molecule has 0 radical (unpaired) electrons. The van der Waals surface area contributed by atoms with E-state index in [0.717, 1.165) is 39.2 Å². The molecule has 6 heteroatoms. The molecule has 1 saturated heterocycles. The first-order valence-electron chi connectivity index (χ1n) is 6.77. The largest absolute Gasteiger partial charge is 0.550 e. The van der Waals surface area contributed by atoms with Crippen molar-refractivity contribution in [2.75, 3.05) is 13.2 Å². The van der Waals surface area contributed by atoms with Gasteiger partial charge in [0.15, 0.2) is 0 Å². The zero-order chi connectivity index (χ0) is 14.7. The Morgan fingerprint density at radius 2 is 1.95 bits per heavy atom. The van der Waals surface area contributed by atoms with Crippen LogP contribution in [0.4, 0.5) is 0 Å². The van der Waals surface area contributed by atoms with Gasteiger partial charge in [-0.2, -0.15) is 0 Å². The number of carbonyl (C=O) groups excluding carboxylic acids is 2. The van der Waals surface area contributed by atoms with Gasteiger partial charge in [0.1, 0.15) is 6.61 Å². The normalized spacial score (nSPS) is 21.4. The first kappa shape index (κ1) is 17.9. The molecular formula is C13H25NO5. The summed E-state index contributed by atoms with van der Waals surface area (Å²) in [6, 6.07) is 0. The Balaban J connectivity index is 0.000000711. The third-order valence-electron chi connectivity index (χ3n) is 2.71.